The zero-order valence-corrected chi connectivity index (χ0v) is 19.3. The van der Waals surface area contributed by atoms with E-state index in [0.717, 1.165) is 37.7 Å². The zero-order valence-electron chi connectivity index (χ0n) is 19.3. The van der Waals surface area contributed by atoms with Crippen LogP contribution in [0.25, 0.3) is 0 Å². The first-order valence-corrected chi connectivity index (χ1v) is 12.1. The highest BCUT2D eigenvalue weighted by molar-refractivity contribution is 5.88. The minimum absolute atomic E-state index is 0.128. The van der Waals surface area contributed by atoms with Gasteiger partial charge in [-0.25, -0.2) is 0 Å². The lowest BCUT2D eigenvalue weighted by Gasteiger charge is -2.35. The molecule has 5 atom stereocenters. The lowest BCUT2D eigenvalue weighted by Crippen LogP contribution is -2.56. The Labute approximate surface area is 195 Å². The topological polar surface area (TPSA) is 130 Å². The number of hydrogen-bond donors (Lipinski definition) is 4. The molecule has 8 nitrogen and oxygen atoms in total. The fourth-order valence-corrected chi connectivity index (χ4v) is 5.14. The lowest BCUT2D eigenvalue weighted by atomic mass is 9.81. The van der Waals surface area contributed by atoms with Gasteiger partial charge in [0.25, 0.3) is 0 Å². The first kappa shape index (κ1) is 24.7. The summed E-state index contributed by atoms with van der Waals surface area (Å²) in [6, 6.07) is 8.25. The van der Waals surface area contributed by atoms with E-state index in [1.165, 1.54) is 6.92 Å². The number of nitrogens with two attached hydrogens (primary N) is 1. The van der Waals surface area contributed by atoms with Crippen molar-refractivity contribution in [3.8, 4) is 0 Å². The third-order valence-electron chi connectivity index (χ3n) is 6.87. The molecule has 1 aromatic rings. The Balaban J connectivity index is 1.66. The van der Waals surface area contributed by atoms with E-state index < -0.39 is 6.04 Å². The Hall–Kier alpha value is -2.90. The van der Waals surface area contributed by atoms with Crippen molar-refractivity contribution in [2.24, 2.45) is 17.6 Å². The van der Waals surface area contributed by atoms with E-state index in [2.05, 4.69) is 16.0 Å². The van der Waals surface area contributed by atoms with E-state index in [0.29, 0.717) is 25.7 Å². The number of nitrogens with one attached hydrogen (secondary N) is 3. The quantitative estimate of drug-likeness (QED) is 0.473. The summed E-state index contributed by atoms with van der Waals surface area (Å²) in [4.78, 5) is 49.9. The maximum atomic E-state index is 13.2. The molecule has 33 heavy (non-hydrogen) atoms. The molecule has 0 bridgehead atoms. The molecule has 2 fully saturated rings. The molecule has 0 aliphatic heterocycles. The van der Waals surface area contributed by atoms with Gasteiger partial charge in [-0.3, -0.25) is 19.2 Å². The summed E-state index contributed by atoms with van der Waals surface area (Å²) < 4.78 is 0. The predicted molar refractivity (Wildman–Crippen MR) is 125 cm³/mol. The van der Waals surface area contributed by atoms with E-state index in [1.807, 2.05) is 30.3 Å². The molecule has 0 radical (unpaired) electrons. The summed E-state index contributed by atoms with van der Waals surface area (Å²) in [6.07, 6.45) is 6.91. The van der Waals surface area contributed by atoms with Crippen molar-refractivity contribution in [1.29, 1.82) is 0 Å². The maximum absolute atomic E-state index is 13.2. The van der Waals surface area contributed by atoms with Crippen LogP contribution < -0.4 is 21.7 Å². The fraction of sp³-hybridized carbons (Fsp3) is 0.600. The molecule has 0 heterocycles. The number of rotatable bonds is 8. The van der Waals surface area contributed by atoms with Gasteiger partial charge in [-0.1, -0.05) is 56.0 Å². The monoisotopic (exact) mass is 456 g/mol. The molecular weight excluding hydrogens is 420 g/mol. The summed E-state index contributed by atoms with van der Waals surface area (Å²) in [5.41, 5.74) is 6.50. The number of carbonyl (C=O) groups excluding carboxylic acids is 4. The zero-order chi connectivity index (χ0) is 23.8. The van der Waals surface area contributed by atoms with Gasteiger partial charge in [-0.15, -0.1) is 0 Å². The molecule has 3 rings (SSSR count). The molecule has 180 valence electrons. The third kappa shape index (κ3) is 7.04. The van der Waals surface area contributed by atoms with Crippen LogP contribution in [0.5, 0.6) is 0 Å². The summed E-state index contributed by atoms with van der Waals surface area (Å²) in [7, 11) is 0. The Morgan fingerprint density at radius 3 is 2.06 bits per heavy atom. The van der Waals surface area contributed by atoms with E-state index in [-0.39, 0.29) is 47.5 Å². The van der Waals surface area contributed by atoms with E-state index in [9.17, 15) is 19.2 Å². The average Bonchev–Trinajstić information content (AvgIpc) is 2.79. The standard InChI is InChI=1S/C25H36N4O4/c1-16(30)27-22(15-17-9-3-2-4-10-17)25(33)29-21-14-8-6-12-19(21)24(32)28-20-13-7-5-11-18(20)23(26)31/h2-4,9-10,18-22H,5-8,11-15H2,1H3,(H2,26,31)(H,27,30)(H,28,32)(H,29,33)/t18?,19?,20?,21?,22-/m0/s1. The van der Waals surface area contributed by atoms with Crippen molar-refractivity contribution in [1.82, 2.24) is 16.0 Å². The second-order valence-electron chi connectivity index (χ2n) is 9.36. The van der Waals surface area contributed by atoms with Gasteiger partial charge in [0.1, 0.15) is 6.04 Å². The smallest absolute Gasteiger partial charge is 0.243 e. The average molecular weight is 457 g/mol. The van der Waals surface area contributed by atoms with Gasteiger partial charge in [-0.2, -0.15) is 0 Å². The summed E-state index contributed by atoms with van der Waals surface area (Å²) >= 11 is 0. The first-order chi connectivity index (χ1) is 15.8. The van der Waals surface area contributed by atoms with Crippen molar-refractivity contribution in [2.45, 2.75) is 82.8 Å². The molecular formula is C25H36N4O4. The number of amides is 4. The van der Waals surface area contributed by atoms with Gasteiger partial charge in [-0.05, 0) is 31.2 Å². The maximum Gasteiger partial charge on any atom is 0.243 e. The Kier molecular flexibility index (Phi) is 8.86. The molecule has 0 spiro atoms. The number of carbonyl (C=O) groups is 4. The SMILES string of the molecule is CC(=O)N[C@@H](Cc1ccccc1)C(=O)NC1CCCCC1C(=O)NC1CCCCC1C(N)=O. The number of hydrogen-bond acceptors (Lipinski definition) is 4. The molecule has 2 aliphatic carbocycles. The van der Waals surface area contributed by atoms with E-state index >= 15 is 0 Å². The molecule has 0 aromatic heterocycles. The van der Waals surface area contributed by atoms with Crippen LogP contribution in [0, 0.1) is 11.8 Å². The van der Waals surface area contributed by atoms with Crippen LogP contribution in [0.1, 0.15) is 63.9 Å². The molecule has 2 saturated carbocycles. The molecule has 2 aliphatic rings. The highest BCUT2D eigenvalue weighted by Gasteiger charge is 2.37. The van der Waals surface area contributed by atoms with Crippen LogP contribution in [-0.2, 0) is 25.6 Å². The predicted octanol–water partition coefficient (Wildman–Crippen LogP) is 1.57. The van der Waals surface area contributed by atoms with Crippen molar-refractivity contribution in [3.05, 3.63) is 35.9 Å². The van der Waals surface area contributed by atoms with Crippen molar-refractivity contribution in [3.63, 3.8) is 0 Å². The van der Waals surface area contributed by atoms with Crippen LogP contribution in [0.4, 0.5) is 0 Å². The summed E-state index contributed by atoms with van der Waals surface area (Å²) in [5, 5.41) is 8.85. The van der Waals surface area contributed by atoms with Gasteiger partial charge in [0.2, 0.25) is 23.6 Å². The summed E-state index contributed by atoms with van der Waals surface area (Å²) in [6.45, 7) is 1.39. The van der Waals surface area contributed by atoms with Crippen LogP contribution in [0.15, 0.2) is 30.3 Å². The van der Waals surface area contributed by atoms with Gasteiger partial charge >= 0.3 is 0 Å². The highest BCUT2D eigenvalue weighted by Crippen LogP contribution is 2.28. The van der Waals surface area contributed by atoms with Crippen molar-refractivity contribution < 1.29 is 19.2 Å². The molecule has 1 aromatic carbocycles. The van der Waals surface area contributed by atoms with Gasteiger partial charge < -0.3 is 21.7 Å². The van der Waals surface area contributed by atoms with Crippen LogP contribution in [-0.4, -0.2) is 41.8 Å². The minimum Gasteiger partial charge on any atom is -0.369 e. The number of primary amides is 1. The van der Waals surface area contributed by atoms with Gasteiger partial charge in [0.15, 0.2) is 0 Å². The largest absolute Gasteiger partial charge is 0.369 e. The van der Waals surface area contributed by atoms with Crippen molar-refractivity contribution in [2.75, 3.05) is 0 Å². The molecule has 5 N–H and O–H groups in total. The molecule has 0 saturated heterocycles. The fourth-order valence-electron chi connectivity index (χ4n) is 5.14. The van der Waals surface area contributed by atoms with Gasteiger partial charge in [0, 0.05) is 25.4 Å². The normalized spacial score (nSPS) is 26.0. The first-order valence-electron chi connectivity index (χ1n) is 12.1. The van der Waals surface area contributed by atoms with E-state index in [1.54, 1.807) is 0 Å². The second kappa shape index (κ2) is 11.8. The Morgan fingerprint density at radius 2 is 1.45 bits per heavy atom. The van der Waals surface area contributed by atoms with Gasteiger partial charge in [0.05, 0.1) is 11.8 Å². The molecule has 8 heteroatoms. The number of benzene rings is 1. The third-order valence-corrected chi connectivity index (χ3v) is 6.87. The second-order valence-corrected chi connectivity index (χ2v) is 9.36. The highest BCUT2D eigenvalue weighted by atomic mass is 16.2. The Bertz CT molecular complexity index is 844. The van der Waals surface area contributed by atoms with Crippen LogP contribution in [0.2, 0.25) is 0 Å². The van der Waals surface area contributed by atoms with E-state index in [4.69, 9.17) is 5.73 Å². The molecule has 4 unspecified atom stereocenters. The lowest BCUT2D eigenvalue weighted by molar-refractivity contribution is -0.132. The minimum atomic E-state index is -0.715. The molecule has 4 amide bonds. The summed E-state index contributed by atoms with van der Waals surface area (Å²) in [5.74, 6) is -1.77. The van der Waals surface area contributed by atoms with Crippen LogP contribution in [0.3, 0.4) is 0 Å². The van der Waals surface area contributed by atoms with Crippen LogP contribution >= 0.6 is 0 Å². The Morgan fingerprint density at radius 1 is 0.879 bits per heavy atom. The van der Waals surface area contributed by atoms with Crippen molar-refractivity contribution >= 4 is 23.6 Å².